The van der Waals surface area contributed by atoms with Crippen molar-refractivity contribution >= 4 is 37.7 Å². The third kappa shape index (κ3) is 5.22. The number of H-pyrrole nitrogens is 1. The molecule has 0 atom stereocenters. The van der Waals surface area contributed by atoms with E-state index in [0.29, 0.717) is 46.6 Å². The van der Waals surface area contributed by atoms with Gasteiger partial charge in [-0.3, -0.25) is 4.79 Å². The van der Waals surface area contributed by atoms with Crippen LogP contribution in [0, 0.1) is 5.92 Å². The molecule has 188 valence electrons. The van der Waals surface area contributed by atoms with E-state index in [-0.39, 0.29) is 17.1 Å². The van der Waals surface area contributed by atoms with Gasteiger partial charge in [0.15, 0.2) is 5.69 Å². The van der Waals surface area contributed by atoms with Crippen LogP contribution in [0.1, 0.15) is 48.2 Å². The van der Waals surface area contributed by atoms with E-state index in [1.165, 1.54) is 19.3 Å². The number of sulfonamides is 1. The summed E-state index contributed by atoms with van der Waals surface area (Å²) in [5.41, 5.74) is 7.91. The number of amides is 1. The zero-order valence-electron chi connectivity index (χ0n) is 20.0. The Bertz CT molecular complexity index is 1490. The highest BCUT2D eigenvalue weighted by molar-refractivity contribution is 7.89. The van der Waals surface area contributed by atoms with Crippen molar-refractivity contribution in [1.82, 2.24) is 14.7 Å². The van der Waals surface area contributed by atoms with Gasteiger partial charge in [0, 0.05) is 28.9 Å². The van der Waals surface area contributed by atoms with Gasteiger partial charge in [0.05, 0.1) is 17.0 Å². The van der Waals surface area contributed by atoms with E-state index in [4.69, 9.17) is 10.5 Å². The molecule has 0 saturated heterocycles. The highest BCUT2D eigenvalue weighted by Gasteiger charge is 2.20. The minimum atomic E-state index is -3.73. The molecule has 8 nitrogen and oxygen atoms in total. The molecule has 0 radical (unpaired) electrons. The number of nitrogens with two attached hydrogens (primary N) is 1. The molecule has 2 heterocycles. The third-order valence-corrected chi connectivity index (χ3v) is 8.28. The van der Waals surface area contributed by atoms with E-state index in [1.54, 1.807) is 24.3 Å². The van der Waals surface area contributed by atoms with E-state index in [0.717, 1.165) is 18.4 Å². The first-order valence-corrected chi connectivity index (χ1v) is 13.8. The maximum Gasteiger partial charge on any atom is 0.269 e. The number of carbonyl (C=O) groups is 1. The Morgan fingerprint density at radius 1 is 1.06 bits per heavy atom. The number of benzene rings is 2. The second-order valence-corrected chi connectivity index (χ2v) is 11.1. The average molecular weight is 507 g/mol. The molecule has 0 spiro atoms. The Kier molecular flexibility index (Phi) is 6.93. The summed E-state index contributed by atoms with van der Waals surface area (Å²) >= 11 is 0. The predicted molar refractivity (Wildman–Crippen MR) is 140 cm³/mol. The van der Waals surface area contributed by atoms with Crippen LogP contribution in [-0.4, -0.2) is 37.4 Å². The number of fused-ring (bicyclic) bond motifs is 3. The van der Waals surface area contributed by atoms with E-state index < -0.39 is 15.9 Å². The van der Waals surface area contributed by atoms with Crippen molar-refractivity contribution in [1.29, 1.82) is 0 Å². The molecule has 4 N–H and O–H groups in total. The van der Waals surface area contributed by atoms with Gasteiger partial charge < -0.3 is 15.5 Å². The number of primary amides is 1. The number of rotatable bonds is 9. The number of carbonyl (C=O) groups excluding carboxylic acids is 1. The van der Waals surface area contributed by atoms with Crippen molar-refractivity contribution in [2.75, 3.05) is 13.2 Å². The van der Waals surface area contributed by atoms with Gasteiger partial charge in [-0.2, -0.15) is 0 Å². The Hall–Kier alpha value is -3.43. The lowest BCUT2D eigenvalue weighted by atomic mass is 9.90. The van der Waals surface area contributed by atoms with Gasteiger partial charge in [-0.1, -0.05) is 49.6 Å². The van der Waals surface area contributed by atoms with Crippen LogP contribution in [0.4, 0.5) is 0 Å². The summed E-state index contributed by atoms with van der Waals surface area (Å²) in [6.45, 7) is 0.817. The van der Waals surface area contributed by atoms with Crippen LogP contribution in [-0.2, 0) is 16.4 Å². The molecule has 2 aromatic carbocycles. The molecule has 0 unspecified atom stereocenters. The summed E-state index contributed by atoms with van der Waals surface area (Å²) in [5, 5.41) is 1.30. The van der Waals surface area contributed by atoms with Gasteiger partial charge in [-0.05, 0) is 48.9 Å². The van der Waals surface area contributed by atoms with E-state index in [2.05, 4.69) is 14.7 Å². The smallest absolute Gasteiger partial charge is 0.269 e. The summed E-state index contributed by atoms with van der Waals surface area (Å²) < 4.78 is 34.7. The molecule has 4 aromatic rings. The van der Waals surface area contributed by atoms with Gasteiger partial charge >= 0.3 is 0 Å². The summed E-state index contributed by atoms with van der Waals surface area (Å²) in [6, 6.07) is 16.3. The molecule has 36 heavy (non-hydrogen) atoms. The Labute approximate surface area is 210 Å². The molecule has 9 heteroatoms. The minimum absolute atomic E-state index is 0.0766. The number of nitrogens with one attached hydrogen (secondary N) is 2. The lowest BCUT2D eigenvalue weighted by Crippen LogP contribution is -2.25. The second kappa shape index (κ2) is 10.3. The molecule has 1 aliphatic carbocycles. The number of nitrogens with zero attached hydrogens (tertiary/aromatic N) is 1. The molecule has 1 saturated carbocycles. The molecule has 2 aromatic heterocycles. The summed E-state index contributed by atoms with van der Waals surface area (Å²) in [5.74, 6) is 0.108. The number of aromatic nitrogens is 2. The fourth-order valence-corrected chi connectivity index (χ4v) is 5.94. The maximum atomic E-state index is 13.0. The van der Waals surface area contributed by atoms with Crippen molar-refractivity contribution in [3.05, 3.63) is 65.9 Å². The van der Waals surface area contributed by atoms with Crippen molar-refractivity contribution < 1.29 is 17.9 Å². The van der Waals surface area contributed by atoms with Crippen LogP contribution >= 0.6 is 0 Å². The lowest BCUT2D eigenvalue weighted by Gasteiger charge is -2.21. The average Bonchev–Trinajstić information content (AvgIpc) is 3.26. The quantitative estimate of drug-likeness (QED) is 0.312. The molecule has 5 rings (SSSR count). The van der Waals surface area contributed by atoms with Gasteiger partial charge in [0.2, 0.25) is 15.9 Å². The molecule has 0 aliphatic heterocycles. The van der Waals surface area contributed by atoms with Crippen molar-refractivity contribution in [3.8, 4) is 5.88 Å². The Morgan fingerprint density at radius 3 is 2.58 bits per heavy atom. The normalized spacial score (nSPS) is 14.9. The minimum Gasteiger partial charge on any atom is -0.477 e. The van der Waals surface area contributed by atoms with Gasteiger partial charge in [-0.25, -0.2) is 18.1 Å². The molecular weight excluding hydrogens is 476 g/mol. The summed E-state index contributed by atoms with van der Waals surface area (Å²) in [4.78, 5) is 19.9. The molecule has 1 fully saturated rings. The Morgan fingerprint density at radius 2 is 1.83 bits per heavy atom. The molecule has 0 bridgehead atoms. The molecule has 1 amide bonds. The lowest BCUT2D eigenvalue weighted by molar-refractivity contribution is 0.0995. The fraction of sp³-hybridized carbons (Fsp3) is 0.333. The number of hydrogen-bond acceptors (Lipinski definition) is 5. The third-order valence-electron chi connectivity index (χ3n) is 6.82. The second-order valence-electron chi connectivity index (χ2n) is 9.38. The highest BCUT2D eigenvalue weighted by Crippen LogP contribution is 2.32. The predicted octanol–water partition coefficient (Wildman–Crippen LogP) is 4.30. The standard InChI is InChI=1S/C27H30N4O4S/c28-27(32)26-25-22(16-24(31-26)35-17-19-9-5-2-6-10-19)21-15-20(11-12-23(21)30-25)36(33,34)29-14-13-18-7-3-1-4-8-18/h1,3-4,7-8,11-12,15-16,19,29-30H,2,5-6,9-10,13-14,17H2,(H2,28,32). The van der Waals surface area contributed by atoms with Crippen LogP contribution in [0.2, 0.25) is 0 Å². The van der Waals surface area contributed by atoms with Gasteiger partial charge in [-0.15, -0.1) is 0 Å². The number of hydrogen-bond donors (Lipinski definition) is 3. The number of ether oxygens (including phenoxy) is 1. The van der Waals surface area contributed by atoms with Crippen LogP contribution in [0.5, 0.6) is 5.88 Å². The highest BCUT2D eigenvalue weighted by atomic mass is 32.2. The van der Waals surface area contributed by atoms with Crippen LogP contribution < -0.4 is 15.2 Å². The topological polar surface area (TPSA) is 127 Å². The van der Waals surface area contributed by atoms with Crippen molar-refractivity contribution in [3.63, 3.8) is 0 Å². The zero-order valence-corrected chi connectivity index (χ0v) is 20.8. The monoisotopic (exact) mass is 506 g/mol. The van der Waals surface area contributed by atoms with Crippen LogP contribution in [0.15, 0.2) is 59.5 Å². The molecular formula is C27H30N4O4S. The van der Waals surface area contributed by atoms with E-state index in [1.807, 2.05) is 30.3 Å². The first-order valence-electron chi connectivity index (χ1n) is 12.3. The number of pyridine rings is 1. The van der Waals surface area contributed by atoms with Gasteiger partial charge in [0.25, 0.3) is 5.91 Å². The number of aromatic amines is 1. The first-order chi connectivity index (χ1) is 17.4. The summed E-state index contributed by atoms with van der Waals surface area (Å²) in [7, 11) is -3.73. The van der Waals surface area contributed by atoms with Crippen molar-refractivity contribution in [2.24, 2.45) is 11.7 Å². The summed E-state index contributed by atoms with van der Waals surface area (Å²) in [6.07, 6.45) is 6.49. The first kappa shape index (κ1) is 24.3. The SMILES string of the molecule is NC(=O)c1nc(OCC2CCCCC2)cc2c1[nH]c1ccc(S(=O)(=O)NCCc3ccccc3)cc12. The Balaban J connectivity index is 1.44. The van der Waals surface area contributed by atoms with E-state index >= 15 is 0 Å². The van der Waals surface area contributed by atoms with Crippen LogP contribution in [0.25, 0.3) is 21.8 Å². The molecule has 1 aliphatic rings. The maximum absolute atomic E-state index is 13.0. The van der Waals surface area contributed by atoms with E-state index in [9.17, 15) is 13.2 Å². The van der Waals surface area contributed by atoms with Gasteiger partial charge in [0.1, 0.15) is 0 Å². The largest absolute Gasteiger partial charge is 0.477 e. The zero-order chi connectivity index (χ0) is 25.1. The fourth-order valence-electron chi connectivity index (χ4n) is 4.88. The van der Waals surface area contributed by atoms with Crippen LogP contribution in [0.3, 0.4) is 0 Å². The van der Waals surface area contributed by atoms with Crippen molar-refractivity contribution in [2.45, 2.75) is 43.4 Å².